The molecule has 0 aliphatic heterocycles. The molecule has 0 fully saturated rings. The quantitative estimate of drug-likeness (QED) is 0.894. The van der Waals surface area contributed by atoms with Crippen molar-refractivity contribution in [2.75, 3.05) is 0 Å². The van der Waals surface area contributed by atoms with Gasteiger partial charge in [-0.05, 0) is 50.5 Å². The number of primary sulfonamides is 1. The molecule has 0 radical (unpaired) electrons. The molecule has 18 heavy (non-hydrogen) atoms. The normalized spacial score (nSPS) is 13.4. The Bertz CT molecular complexity index is 500. The van der Waals surface area contributed by atoms with Crippen LogP contribution in [0.5, 0.6) is 5.75 Å². The molecule has 0 spiro atoms. The summed E-state index contributed by atoms with van der Waals surface area (Å²) in [4.78, 5) is 0.193. The summed E-state index contributed by atoms with van der Waals surface area (Å²) >= 11 is 0. The van der Waals surface area contributed by atoms with Gasteiger partial charge in [-0.1, -0.05) is 13.3 Å². The minimum Gasteiger partial charge on any atom is -0.491 e. The summed E-state index contributed by atoms with van der Waals surface area (Å²) in [6.45, 7) is 7.55. The van der Waals surface area contributed by atoms with Gasteiger partial charge in [0.15, 0.2) is 0 Å². The molecule has 2 N–H and O–H groups in total. The van der Waals surface area contributed by atoms with Gasteiger partial charge in [-0.2, -0.15) is 0 Å². The second-order valence-electron chi connectivity index (χ2n) is 4.65. The Labute approximate surface area is 109 Å². The predicted octanol–water partition coefficient (Wildman–Crippen LogP) is 2.52. The highest BCUT2D eigenvalue weighted by molar-refractivity contribution is 7.89. The van der Waals surface area contributed by atoms with Crippen LogP contribution in [0.2, 0.25) is 0 Å². The van der Waals surface area contributed by atoms with Crippen molar-refractivity contribution in [1.29, 1.82) is 0 Å². The third kappa shape index (κ3) is 3.71. The Kier molecular flexibility index (Phi) is 4.76. The topological polar surface area (TPSA) is 69.4 Å². The van der Waals surface area contributed by atoms with Gasteiger partial charge in [-0.3, -0.25) is 0 Å². The summed E-state index contributed by atoms with van der Waals surface area (Å²) in [5.74, 6) is 0.693. The number of hydrogen-bond donors (Lipinski definition) is 1. The molecule has 0 aliphatic carbocycles. The van der Waals surface area contributed by atoms with Crippen LogP contribution in [0.3, 0.4) is 0 Å². The summed E-state index contributed by atoms with van der Waals surface area (Å²) in [7, 11) is -3.68. The zero-order chi connectivity index (χ0) is 13.9. The maximum Gasteiger partial charge on any atom is 0.238 e. The van der Waals surface area contributed by atoms with Crippen LogP contribution in [-0.2, 0) is 10.0 Å². The lowest BCUT2D eigenvalue weighted by Crippen LogP contribution is -2.16. The molecular weight excluding hydrogens is 250 g/mol. The molecule has 0 amide bonds. The van der Waals surface area contributed by atoms with Crippen molar-refractivity contribution < 1.29 is 13.2 Å². The van der Waals surface area contributed by atoms with Gasteiger partial charge in [0, 0.05) is 0 Å². The maximum atomic E-state index is 11.4. The molecule has 1 atom stereocenters. The lowest BCUT2D eigenvalue weighted by atomic mass is 10.1. The lowest BCUT2D eigenvalue weighted by molar-refractivity contribution is 0.209. The second-order valence-corrected chi connectivity index (χ2v) is 6.15. The Hall–Kier alpha value is -1.07. The van der Waals surface area contributed by atoms with Gasteiger partial charge in [-0.15, -0.1) is 0 Å². The van der Waals surface area contributed by atoms with Crippen molar-refractivity contribution in [1.82, 2.24) is 0 Å². The lowest BCUT2D eigenvalue weighted by Gasteiger charge is -2.16. The molecule has 1 aromatic carbocycles. The first-order chi connectivity index (χ1) is 8.25. The van der Waals surface area contributed by atoms with Gasteiger partial charge in [0.05, 0.1) is 11.0 Å². The Balaban J connectivity index is 3.08. The fourth-order valence-corrected chi connectivity index (χ4v) is 3.14. The van der Waals surface area contributed by atoms with Crippen LogP contribution in [0, 0.1) is 13.8 Å². The number of benzene rings is 1. The zero-order valence-corrected chi connectivity index (χ0v) is 12.2. The number of ether oxygens (including phenoxy) is 1. The Morgan fingerprint density at radius 3 is 2.17 bits per heavy atom. The molecule has 4 nitrogen and oxygen atoms in total. The molecule has 102 valence electrons. The molecule has 1 unspecified atom stereocenters. The predicted molar refractivity (Wildman–Crippen MR) is 72.3 cm³/mol. The van der Waals surface area contributed by atoms with Crippen molar-refractivity contribution in [3.05, 3.63) is 23.3 Å². The number of rotatable bonds is 5. The van der Waals surface area contributed by atoms with E-state index in [0.717, 1.165) is 12.8 Å². The van der Waals surface area contributed by atoms with Crippen LogP contribution >= 0.6 is 0 Å². The van der Waals surface area contributed by atoms with E-state index in [1.807, 2.05) is 6.92 Å². The summed E-state index contributed by atoms with van der Waals surface area (Å²) in [5, 5.41) is 5.19. The van der Waals surface area contributed by atoms with E-state index in [-0.39, 0.29) is 11.0 Å². The fraction of sp³-hybridized carbons (Fsp3) is 0.538. The molecule has 0 aromatic heterocycles. The van der Waals surface area contributed by atoms with E-state index in [9.17, 15) is 8.42 Å². The van der Waals surface area contributed by atoms with E-state index in [1.54, 1.807) is 26.0 Å². The van der Waals surface area contributed by atoms with E-state index in [0.29, 0.717) is 16.9 Å². The third-order valence-electron chi connectivity index (χ3n) is 2.75. The number of sulfonamides is 1. The van der Waals surface area contributed by atoms with E-state index >= 15 is 0 Å². The highest BCUT2D eigenvalue weighted by Crippen LogP contribution is 2.25. The van der Waals surface area contributed by atoms with Crippen LogP contribution < -0.4 is 9.88 Å². The van der Waals surface area contributed by atoms with Crippen molar-refractivity contribution >= 4 is 10.0 Å². The summed E-state index contributed by atoms with van der Waals surface area (Å²) in [6, 6.07) is 3.44. The standard InChI is InChI=1S/C13H21NO3S/c1-5-6-11(4)17-12-7-9(2)13(10(3)8-12)18(14,15)16/h7-8,11H,5-6H2,1-4H3,(H2,14,15,16). The molecule has 1 rings (SSSR count). The molecular formula is C13H21NO3S. The highest BCUT2D eigenvalue weighted by atomic mass is 32.2. The van der Waals surface area contributed by atoms with Crippen LogP contribution in [0.25, 0.3) is 0 Å². The molecule has 0 saturated carbocycles. The fourth-order valence-electron chi connectivity index (χ4n) is 2.13. The van der Waals surface area contributed by atoms with E-state index in [2.05, 4.69) is 6.92 Å². The van der Waals surface area contributed by atoms with Crippen LogP contribution in [0.15, 0.2) is 17.0 Å². The van der Waals surface area contributed by atoms with E-state index < -0.39 is 10.0 Å². The number of hydrogen-bond acceptors (Lipinski definition) is 3. The van der Waals surface area contributed by atoms with Crippen LogP contribution in [0.1, 0.15) is 37.8 Å². The number of aryl methyl sites for hydroxylation is 2. The Morgan fingerprint density at radius 2 is 1.78 bits per heavy atom. The molecule has 1 aromatic rings. The largest absolute Gasteiger partial charge is 0.491 e. The Morgan fingerprint density at radius 1 is 1.28 bits per heavy atom. The van der Waals surface area contributed by atoms with E-state index in [1.165, 1.54) is 0 Å². The summed E-state index contributed by atoms with van der Waals surface area (Å²) in [5.41, 5.74) is 1.24. The summed E-state index contributed by atoms with van der Waals surface area (Å²) < 4.78 is 28.6. The molecule has 0 aliphatic rings. The van der Waals surface area contributed by atoms with Gasteiger partial charge >= 0.3 is 0 Å². The van der Waals surface area contributed by atoms with Gasteiger partial charge in [-0.25, -0.2) is 13.6 Å². The SMILES string of the molecule is CCCC(C)Oc1cc(C)c(S(N)(=O)=O)c(C)c1. The molecule has 0 heterocycles. The van der Waals surface area contributed by atoms with Crippen LogP contribution in [0.4, 0.5) is 0 Å². The smallest absolute Gasteiger partial charge is 0.238 e. The van der Waals surface area contributed by atoms with Crippen molar-refractivity contribution in [2.45, 2.75) is 51.5 Å². The highest BCUT2D eigenvalue weighted by Gasteiger charge is 2.16. The summed E-state index contributed by atoms with van der Waals surface area (Å²) in [6.07, 6.45) is 2.14. The third-order valence-corrected chi connectivity index (χ3v) is 3.96. The van der Waals surface area contributed by atoms with E-state index in [4.69, 9.17) is 9.88 Å². The first kappa shape index (κ1) is 15.0. The molecule has 5 heteroatoms. The van der Waals surface area contributed by atoms with Crippen molar-refractivity contribution in [3.8, 4) is 5.75 Å². The first-order valence-corrected chi connectivity index (χ1v) is 7.61. The average Bonchev–Trinajstić information content (AvgIpc) is 2.13. The minimum atomic E-state index is -3.68. The first-order valence-electron chi connectivity index (χ1n) is 6.06. The minimum absolute atomic E-state index is 0.120. The second kappa shape index (κ2) is 5.71. The molecule has 0 bridgehead atoms. The van der Waals surface area contributed by atoms with Crippen molar-refractivity contribution in [3.63, 3.8) is 0 Å². The van der Waals surface area contributed by atoms with Gasteiger partial charge in [0.1, 0.15) is 5.75 Å². The maximum absolute atomic E-state index is 11.4. The van der Waals surface area contributed by atoms with Gasteiger partial charge in [0.2, 0.25) is 10.0 Å². The number of nitrogens with two attached hydrogens (primary N) is 1. The van der Waals surface area contributed by atoms with Gasteiger partial charge in [0.25, 0.3) is 0 Å². The van der Waals surface area contributed by atoms with Crippen molar-refractivity contribution in [2.24, 2.45) is 5.14 Å². The average molecular weight is 271 g/mol. The van der Waals surface area contributed by atoms with Gasteiger partial charge < -0.3 is 4.74 Å². The monoisotopic (exact) mass is 271 g/mol. The van der Waals surface area contributed by atoms with Crippen LogP contribution in [-0.4, -0.2) is 14.5 Å². The molecule has 0 saturated heterocycles. The zero-order valence-electron chi connectivity index (χ0n) is 11.4.